The summed E-state index contributed by atoms with van der Waals surface area (Å²) in [6.45, 7) is 0. The lowest BCUT2D eigenvalue weighted by atomic mass is 9.91. The van der Waals surface area contributed by atoms with Crippen molar-refractivity contribution >= 4 is 49.6 Å². The van der Waals surface area contributed by atoms with Crippen molar-refractivity contribution in [1.82, 2.24) is 4.57 Å². The van der Waals surface area contributed by atoms with Crippen LogP contribution in [0.25, 0.3) is 82.8 Å². The second kappa shape index (κ2) is 15.1. The Balaban J connectivity index is 1.10. The van der Waals surface area contributed by atoms with E-state index in [2.05, 4.69) is 252 Å². The average molecular weight is 765 g/mol. The van der Waals surface area contributed by atoms with Crippen LogP contribution < -0.4 is 4.90 Å². The molecule has 0 unspecified atom stereocenters. The van der Waals surface area contributed by atoms with E-state index in [4.69, 9.17) is 0 Å². The Kier molecular flexibility index (Phi) is 8.87. The number of anilines is 3. The van der Waals surface area contributed by atoms with Gasteiger partial charge in [-0.15, -0.1) is 0 Å². The zero-order chi connectivity index (χ0) is 39.8. The molecule has 11 aromatic rings. The molecule has 0 fully saturated rings. The van der Waals surface area contributed by atoms with Gasteiger partial charge in [0.05, 0.1) is 16.7 Å². The van der Waals surface area contributed by atoms with Gasteiger partial charge in [-0.3, -0.25) is 0 Å². The monoisotopic (exact) mass is 764 g/mol. The Morgan fingerprint density at radius 1 is 0.267 bits per heavy atom. The van der Waals surface area contributed by atoms with Gasteiger partial charge in [0.1, 0.15) is 0 Å². The van der Waals surface area contributed by atoms with Crippen molar-refractivity contribution in [1.29, 1.82) is 0 Å². The highest BCUT2D eigenvalue weighted by molar-refractivity contribution is 6.10. The zero-order valence-electron chi connectivity index (χ0n) is 33.0. The summed E-state index contributed by atoms with van der Waals surface area (Å²) >= 11 is 0. The van der Waals surface area contributed by atoms with Crippen LogP contribution in [0.5, 0.6) is 0 Å². The molecule has 0 aliphatic carbocycles. The first-order valence-electron chi connectivity index (χ1n) is 20.6. The van der Waals surface area contributed by atoms with Gasteiger partial charge in [-0.1, -0.05) is 176 Å². The molecule has 0 spiro atoms. The highest BCUT2D eigenvalue weighted by atomic mass is 15.1. The lowest BCUT2D eigenvalue weighted by molar-refractivity contribution is 1.18. The van der Waals surface area contributed by atoms with E-state index >= 15 is 0 Å². The first-order chi connectivity index (χ1) is 29.8. The lowest BCUT2D eigenvalue weighted by Crippen LogP contribution is -2.10. The first kappa shape index (κ1) is 35.2. The molecule has 0 saturated heterocycles. The predicted molar refractivity (Wildman–Crippen MR) is 255 cm³/mol. The van der Waals surface area contributed by atoms with E-state index in [0.29, 0.717) is 0 Å². The first-order valence-corrected chi connectivity index (χ1v) is 20.6. The van der Waals surface area contributed by atoms with Gasteiger partial charge in [0, 0.05) is 33.4 Å². The fraction of sp³-hybridized carbons (Fsp3) is 0. The molecule has 1 heterocycles. The SMILES string of the molecule is c1ccc(-c2cccc(-c3cc(N(c4ccccc4)c4ccc(-c5ccc6ccccc6c5)cc4)ccc3-c3ccccc3-n3c4ccccc4c4ccccc43)c2)cc1. The smallest absolute Gasteiger partial charge is 0.0541 e. The maximum absolute atomic E-state index is 2.44. The van der Waals surface area contributed by atoms with Crippen LogP contribution in [0, 0.1) is 0 Å². The molecule has 0 N–H and O–H groups in total. The van der Waals surface area contributed by atoms with Crippen LogP contribution in [0.3, 0.4) is 0 Å². The van der Waals surface area contributed by atoms with Crippen LogP contribution in [0.2, 0.25) is 0 Å². The van der Waals surface area contributed by atoms with E-state index in [1.54, 1.807) is 0 Å². The molecule has 0 saturated carbocycles. The number of hydrogen-bond acceptors (Lipinski definition) is 1. The second-order valence-electron chi connectivity index (χ2n) is 15.3. The van der Waals surface area contributed by atoms with Crippen LogP contribution in [0.4, 0.5) is 17.1 Å². The molecule has 10 aromatic carbocycles. The minimum Gasteiger partial charge on any atom is -0.310 e. The number of benzene rings is 10. The Morgan fingerprint density at radius 2 is 0.800 bits per heavy atom. The van der Waals surface area contributed by atoms with Crippen molar-refractivity contribution in [3.05, 3.63) is 243 Å². The van der Waals surface area contributed by atoms with E-state index in [1.165, 1.54) is 66.0 Å². The normalized spacial score (nSPS) is 11.3. The van der Waals surface area contributed by atoms with E-state index in [1.807, 2.05) is 0 Å². The maximum atomic E-state index is 2.44. The summed E-state index contributed by atoms with van der Waals surface area (Å²) < 4.78 is 2.44. The summed E-state index contributed by atoms with van der Waals surface area (Å²) in [7, 11) is 0. The molecule has 11 rings (SSSR count). The highest BCUT2D eigenvalue weighted by Gasteiger charge is 2.20. The Labute approximate surface area is 350 Å². The van der Waals surface area contributed by atoms with E-state index in [9.17, 15) is 0 Å². The highest BCUT2D eigenvalue weighted by Crippen LogP contribution is 2.44. The number of rotatable bonds is 8. The van der Waals surface area contributed by atoms with Crippen LogP contribution in [-0.4, -0.2) is 4.57 Å². The van der Waals surface area contributed by atoms with Crippen LogP contribution in [-0.2, 0) is 0 Å². The van der Waals surface area contributed by atoms with Crippen molar-refractivity contribution in [2.24, 2.45) is 0 Å². The molecule has 2 heteroatoms. The van der Waals surface area contributed by atoms with E-state index in [0.717, 1.165) is 33.9 Å². The third-order valence-corrected chi connectivity index (χ3v) is 11.8. The van der Waals surface area contributed by atoms with Gasteiger partial charge in [-0.25, -0.2) is 0 Å². The van der Waals surface area contributed by atoms with Crippen LogP contribution >= 0.6 is 0 Å². The molecule has 0 radical (unpaired) electrons. The van der Waals surface area contributed by atoms with Crippen LogP contribution in [0.15, 0.2) is 243 Å². The standard InChI is InChI=1S/C58H40N2/c1-3-16-41(17-4-1)45-20-15-21-47(39-45)55-40-50(36-37-51(55)52-24-9-12-27-56(52)60-57-28-13-10-25-53(57)54-26-11-14-29-58(54)60)59(48-22-5-2-6-23-48)49-34-32-43(33-35-49)46-31-30-42-18-7-8-19-44(42)38-46/h1-40H. The van der Waals surface area contributed by atoms with E-state index in [-0.39, 0.29) is 0 Å². The summed E-state index contributed by atoms with van der Waals surface area (Å²) in [5, 5.41) is 4.99. The Bertz CT molecular complexity index is 3250. The number of nitrogens with zero attached hydrogens (tertiary/aromatic N) is 2. The molecule has 0 atom stereocenters. The summed E-state index contributed by atoms with van der Waals surface area (Å²) in [4.78, 5) is 2.37. The average Bonchev–Trinajstić information content (AvgIpc) is 3.66. The lowest BCUT2D eigenvalue weighted by Gasteiger charge is -2.27. The van der Waals surface area contributed by atoms with Gasteiger partial charge in [0.2, 0.25) is 0 Å². The topological polar surface area (TPSA) is 8.17 Å². The summed E-state index contributed by atoms with van der Waals surface area (Å²) in [5.74, 6) is 0. The van der Waals surface area contributed by atoms with Gasteiger partial charge < -0.3 is 9.47 Å². The summed E-state index contributed by atoms with van der Waals surface area (Å²) in [6.07, 6.45) is 0. The van der Waals surface area contributed by atoms with Gasteiger partial charge >= 0.3 is 0 Å². The second-order valence-corrected chi connectivity index (χ2v) is 15.3. The molecular formula is C58H40N2. The van der Waals surface area contributed by atoms with Crippen molar-refractivity contribution in [3.63, 3.8) is 0 Å². The number of fused-ring (bicyclic) bond motifs is 4. The van der Waals surface area contributed by atoms with Crippen molar-refractivity contribution in [2.45, 2.75) is 0 Å². The molecule has 0 aliphatic rings. The largest absolute Gasteiger partial charge is 0.310 e. The van der Waals surface area contributed by atoms with Crippen molar-refractivity contribution in [2.75, 3.05) is 4.90 Å². The van der Waals surface area contributed by atoms with Gasteiger partial charge in [0.15, 0.2) is 0 Å². The van der Waals surface area contributed by atoms with E-state index < -0.39 is 0 Å². The maximum Gasteiger partial charge on any atom is 0.0541 e. The molecule has 282 valence electrons. The number of para-hydroxylation sites is 4. The summed E-state index contributed by atoms with van der Waals surface area (Å²) in [5.41, 5.74) is 16.2. The minimum absolute atomic E-state index is 1.08. The Morgan fingerprint density at radius 3 is 1.57 bits per heavy atom. The summed E-state index contributed by atoms with van der Waals surface area (Å²) in [6, 6.07) is 88.0. The number of aromatic nitrogens is 1. The molecule has 60 heavy (non-hydrogen) atoms. The van der Waals surface area contributed by atoms with Gasteiger partial charge in [-0.05, 0) is 116 Å². The van der Waals surface area contributed by atoms with Crippen molar-refractivity contribution in [3.8, 4) is 50.2 Å². The fourth-order valence-electron chi connectivity index (χ4n) is 8.92. The molecule has 0 aliphatic heterocycles. The quantitative estimate of drug-likeness (QED) is 0.150. The van der Waals surface area contributed by atoms with Gasteiger partial charge in [-0.2, -0.15) is 0 Å². The fourth-order valence-corrected chi connectivity index (χ4v) is 8.92. The molecule has 1 aromatic heterocycles. The zero-order valence-corrected chi connectivity index (χ0v) is 33.0. The van der Waals surface area contributed by atoms with Gasteiger partial charge in [0.25, 0.3) is 0 Å². The molecule has 0 bridgehead atoms. The number of hydrogen-bond donors (Lipinski definition) is 0. The molecule has 0 amide bonds. The van der Waals surface area contributed by atoms with Crippen LogP contribution in [0.1, 0.15) is 0 Å². The molecular weight excluding hydrogens is 725 g/mol. The Hall–Kier alpha value is -7.94. The third-order valence-electron chi connectivity index (χ3n) is 11.8. The molecule has 2 nitrogen and oxygen atoms in total. The third kappa shape index (κ3) is 6.32. The van der Waals surface area contributed by atoms with Crippen molar-refractivity contribution < 1.29 is 0 Å². The minimum atomic E-state index is 1.08. The predicted octanol–water partition coefficient (Wildman–Crippen LogP) is 16.1.